The highest BCUT2D eigenvalue weighted by molar-refractivity contribution is 5.41. The molecule has 2 aromatic rings. The molecule has 2 aliphatic rings. The molecule has 3 heterocycles. The van der Waals surface area contributed by atoms with Gasteiger partial charge in [-0.15, -0.1) is 5.10 Å². The third-order valence-corrected chi connectivity index (χ3v) is 4.16. The van der Waals surface area contributed by atoms with Crippen LogP contribution in [0.5, 0.6) is 0 Å². The maximum Gasteiger partial charge on any atom is 0.266 e. The molecule has 2 aromatic heterocycles. The summed E-state index contributed by atoms with van der Waals surface area (Å²) in [6, 6.07) is 7.37. The van der Waals surface area contributed by atoms with Gasteiger partial charge in [0, 0.05) is 37.2 Å². The largest absolute Gasteiger partial charge is 0.354 e. The van der Waals surface area contributed by atoms with Crippen LogP contribution in [0.2, 0.25) is 0 Å². The number of rotatable bonds is 4. The van der Waals surface area contributed by atoms with Crippen molar-refractivity contribution in [1.29, 1.82) is 0 Å². The highest BCUT2D eigenvalue weighted by atomic mass is 16.1. The average molecular weight is 283 g/mol. The Morgan fingerprint density at radius 3 is 2.67 bits per heavy atom. The first kappa shape index (κ1) is 12.5. The smallest absolute Gasteiger partial charge is 0.266 e. The summed E-state index contributed by atoms with van der Waals surface area (Å²) in [5.74, 6) is 2.03. The Hall–Kier alpha value is -2.24. The SMILES string of the molecule is O=c1cccnn1CC1CN(c2ccc(C3CC3)nn2)C1. The molecular weight excluding hydrogens is 266 g/mol. The van der Waals surface area contributed by atoms with E-state index >= 15 is 0 Å². The quantitative estimate of drug-likeness (QED) is 0.839. The molecule has 1 aliphatic heterocycles. The second kappa shape index (κ2) is 4.95. The molecule has 0 amide bonds. The minimum absolute atomic E-state index is 0.0375. The van der Waals surface area contributed by atoms with Crippen molar-refractivity contribution in [2.75, 3.05) is 18.0 Å². The zero-order chi connectivity index (χ0) is 14.2. The number of hydrogen-bond donors (Lipinski definition) is 0. The maximum atomic E-state index is 11.6. The third-order valence-electron chi connectivity index (χ3n) is 4.16. The molecular formula is C15H17N5O. The summed E-state index contributed by atoms with van der Waals surface area (Å²) in [4.78, 5) is 13.8. The zero-order valence-corrected chi connectivity index (χ0v) is 11.7. The average Bonchev–Trinajstić information content (AvgIpc) is 3.29. The fourth-order valence-corrected chi connectivity index (χ4v) is 2.74. The standard InChI is InChI=1S/C15H17N5O/c21-15-2-1-7-16-20(15)10-11-8-19(9-11)14-6-5-13(17-18-14)12-3-4-12/h1-2,5-7,11-12H,3-4,8-10H2. The molecule has 2 fully saturated rings. The van der Waals surface area contributed by atoms with Crippen molar-refractivity contribution in [2.45, 2.75) is 25.3 Å². The lowest BCUT2D eigenvalue weighted by Gasteiger charge is -2.39. The molecule has 1 saturated carbocycles. The monoisotopic (exact) mass is 283 g/mol. The lowest BCUT2D eigenvalue weighted by atomic mass is 10.0. The fourth-order valence-electron chi connectivity index (χ4n) is 2.74. The number of hydrogen-bond acceptors (Lipinski definition) is 5. The Kier molecular flexibility index (Phi) is 2.94. The summed E-state index contributed by atoms with van der Waals surface area (Å²) in [6.07, 6.45) is 4.15. The van der Waals surface area contributed by atoms with E-state index < -0.39 is 0 Å². The molecule has 0 N–H and O–H groups in total. The summed E-state index contributed by atoms with van der Waals surface area (Å²) >= 11 is 0. The van der Waals surface area contributed by atoms with Gasteiger partial charge in [0.15, 0.2) is 5.82 Å². The fraction of sp³-hybridized carbons (Fsp3) is 0.467. The van der Waals surface area contributed by atoms with Gasteiger partial charge in [0.2, 0.25) is 0 Å². The Bertz CT molecular complexity index is 686. The molecule has 0 atom stereocenters. The maximum absolute atomic E-state index is 11.6. The van der Waals surface area contributed by atoms with Crippen LogP contribution < -0.4 is 10.5 Å². The van der Waals surface area contributed by atoms with Gasteiger partial charge in [-0.3, -0.25) is 4.79 Å². The third kappa shape index (κ3) is 2.53. The highest BCUT2D eigenvalue weighted by Crippen LogP contribution is 2.38. The van der Waals surface area contributed by atoms with Gasteiger partial charge in [-0.1, -0.05) is 0 Å². The Morgan fingerprint density at radius 1 is 1.14 bits per heavy atom. The molecule has 6 nitrogen and oxygen atoms in total. The predicted octanol–water partition coefficient (Wildman–Crippen LogP) is 1.05. The van der Waals surface area contributed by atoms with Crippen LogP contribution >= 0.6 is 0 Å². The van der Waals surface area contributed by atoms with Crippen molar-refractivity contribution in [3.05, 3.63) is 46.5 Å². The first-order valence-corrected chi connectivity index (χ1v) is 7.40. The van der Waals surface area contributed by atoms with Crippen LogP contribution in [0.15, 0.2) is 35.3 Å². The van der Waals surface area contributed by atoms with Crippen LogP contribution in [0.1, 0.15) is 24.5 Å². The molecule has 1 aliphatic carbocycles. The molecule has 0 bridgehead atoms. The Labute approximate surface area is 122 Å². The number of nitrogens with zero attached hydrogens (tertiary/aromatic N) is 5. The normalized spacial score (nSPS) is 18.6. The lowest BCUT2D eigenvalue weighted by molar-refractivity contribution is 0.332. The van der Waals surface area contributed by atoms with Crippen LogP contribution in [0, 0.1) is 5.92 Å². The van der Waals surface area contributed by atoms with E-state index in [1.54, 1.807) is 18.3 Å². The van der Waals surface area contributed by atoms with Crippen LogP contribution in [0.25, 0.3) is 0 Å². The number of anilines is 1. The molecule has 0 spiro atoms. The van der Waals surface area contributed by atoms with Crippen molar-refractivity contribution < 1.29 is 0 Å². The van der Waals surface area contributed by atoms with E-state index in [0.717, 1.165) is 24.6 Å². The molecule has 1 saturated heterocycles. The van der Waals surface area contributed by atoms with Crippen LogP contribution in [0.4, 0.5) is 5.82 Å². The molecule has 4 rings (SSSR count). The first-order chi connectivity index (χ1) is 10.3. The molecule has 0 aromatic carbocycles. The summed E-state index contributed by atoms with van der Waals surface area (Å²) in [6.45, 7) is 2.48. The van der Waals surface area contributed by atoms with E-state index in [4.69, 9.17) is 0 Å². The minimum atomic E-state index is -0.0375. The zero-order valence-electron chi connectivity index (χ0n) is 11.7. The van der Waals surface area contributed by atoms with E-state index in [0.29, 0.717) is 18.4 Å². The van der Waals surface area contributed by atoms with Gasteiger partial charge in [-0.2, -0.15) is 10.2 Å². The van der Waals surface area contributed by atoms with Crippen molar-refractivity contribution in [3.63, 3.8) is 0 Å². The van der Waals surface area contributed by atoms with Crippen molar-refractivity contribution in [2.24, 2.45) is 5.92 Å². The van der Waals surface area contributed by atoms with Crippen molar-refractivity contribution >= 4 is 5.82 Å². The summed E-state index contributed by atoms with van der Waals surface area (Å²) < 4.78 is 1.53. The lowest BCUT2D eigenvalue weighted by Crippen LogP contribution is -2.50. The topological polar surface area (TPSA) is 63.9 Å². The van der Waals surface area contributed by atoms with Gasteiger partial charge in [-0.05, 0) is 31.0 Å². The highest BCUT2D eigenvalue weighted by Gasteiger charge is 2.30. The van der Waals surface area contributed by atoms with Crippen molar-refractivity contribution in [3.8, 4) is 0 Å². The molecule has 0 radical (unpaired) electrons. The van der Waals surface area contributed by atoms with Gasteiger partial charge in [-0.25, -0.2) is 4.68 Å². The van der Waals surface area contributed by atoms with Crippen LogP contribution in [0.3, 0.4) is 0 Å². The predicted molar refractivity (Wildman–Crippen MR) is 78.2 cm³/mol. The second-order valence-corrected chi connectivity index (χ2v) is 5.91. The van der Waals surface area contributed by atoms with Gasteiger partial charge in [0.05, 0.1) is 12.2 Å². The van der Waals surface area contributed by atoms with E-state index in [9.17, 15) is 4.79 Å². The van der Waals surface area contributed by atoms with E-state index in [-0.39, 0.29) is 5.56 Å². The number of aromatic nitrogens is 4. The van der Waals surface area contributed by atoms with Crippen LogP contribution in [-0.4, -0.2) is 33.1 Å². The summed E-state index contributed by atoms with van der Waals surface area (Å²) in [5, 5.41) is 12.7. The molecule has 6 heteroatoms. The van der Waals surface area contributed by atoms with E-state index in [1.165, 1.54) is 17.5 Å². The summed E-state index contributed by atoms with van der Waals surface area (Å²) in [5.41, 5.74) is 1.08. The van der Waals surface area contributed by atoms with Gasteiger partial charge in [0.25, 0.3) is 5.56 Å². The van der Waals surface area contributed by atoms with Gasteiger partial charge >= 0.3 is 0 Å². The van der Waals surface area contributed by atoms with E-state index in [1.807, 2.05) is 0 Å². The summed E-state index contributed by atoms with van der Waals surface area (Å²) in [7, 11) is 0. The Balaban J connectivity index is 1.36. The van der Waals surface area contributed by atoms with Crippen LogP contribution in [-0.2, 0) is 6.54 Å². The first-order valence-electron chi connectivity index (χ1n) is 7.40. The van der Waals surface area contributed by atoms with Crippen molar-refractivity contribution in [1.82, 2.24) is 20.0 Å². The van der Waals surface area contributed by atoms with Gasteiger partial charge < -0.3 is 4.90 Å². The molecule has 0 unspecified atom stereocenters. The Morgan fingerprint density at radius 2 is 2.00 bits per heavy atom. The molecule has 21 heavy (non-hydrogen) atoms. The van der Waals surface area contributed by atoms with Gasteiger partial charge in [0.1, 0.15) is 0 Å². The molecule has 108 valence electrons. The minimum Gasteiger partial charge on any atom is -0.354 e. The van der Waals surface area contributed by atoms with E-state index in [2.05, 4.69) is 32.3 Å². The second-order valence-electron chi connectivity index (χ2n) is 5.91.